The van der Waals surface area contributed by atoms with E-state index in [9.17, 15) is 9.90 Å². The molecule has 3 heterocycles. The largest absolute Gasteiger partial charge is 0.385 e. The third kappa shape index (κ3) is 3.21. The van der Waals surface area contributed by atoms with Gasteiger partial charge in [-0.2, -0.15) is 5.10 Å². The van der Waals surface area contributed by atoms with Gasteiger partial charge in [0.1, 0.15) is 17.6 Å². The van der Waals surface area contributed by atoms with Gasteiger partial charge in [0.05, 0.1) is 0 Å². The first-order valence-electron chi connectivity index (χ1n) is 8.47. The minimum Gasteiger partial charge on any atom is -0.385 e. The van der Waals surface area contributed by atoms with Crippen molar-refractivity contribution in [3.8, 4) is 0 Å². The van der Waals surface area contributed by atoms with Crippen molar-refractivity contribution in [2.75, 3.05) is 13.1 Å². The first-order chi connectivity index (χ1) is 11.5. The number of nitrogens with one attached hydrogen (secondary N) is 1. The van der Waals surface area contributed by atoms with Crippen molar-refractivity contribution in [2.24, 2.45) is 13.0 Å². The Bertz CT molecular complexity index is 705. The van der Waals surface area contributed by atoms with Crippen molar-refractivity contribution in [2.45, 2.75) is 38.7 Å². The second-order valence-electron chi connectivity index (χ2n) is 6.86. The lowest BCUT2D eigenvalue weighted by atomic mass is 9.91. The highest BCUT2D eigenvalue weighted by atomic mass is 16.3. The van der Waals surface area contributed by atoms with Crippen LogP contribution in [0.4, 0.5) is 0 Å². The molecule has 0 spiro atoms. The first kappa shape index (κ1) is 16.7. The highest BCUT2D eigenvalue weighted by Gasteiger charge is 2.32. The van der Waals surface area contributed by atoms with E-state index < -0.39 is 6.10 Å². The van der Waals surface area contributed by atoms with Crippen molar-refractivity contribution >= 4 is 5.91 Å². The van der Waals surface area contributed by atoms with Crippen LogP contribution in [0.25, 0.3) is 0 Å². The summed E-state index contributed by atoms with van der Waals surface area (Å²) in [4.78, 5) is 18.7. The quantitative estimate of drug-likeness (QED) is 0.895. The number of aromatic amines is 1. The Hall–Kier alpha value is -2.15. The second kappa shape index (κ2) is 6.76. The summed E-state index contributed by atoms with van der Waals surface area (Å²) in [6.45, 7) is 5.34. The topological polar surface area (TPSA) is 87.0 Å². The van der Waals surface area contributed by atoms with E-state index in [-0.39, 0.29) is 11.8 Å². The van der Waals surface area contributed by atoms with Crippen LogP contribution < -0.4 is 0 Å². The number of H-pyrrole nitrogens is 1. The van der Waals surface area contributed by atoms with Crippen LogP contribution in [-0.4, -0.2) is 48.8 Å². The Balaban J connectivity index is 1.70. The average molecular weight is 331 g/mol. The summed E-state index contributed by atoms with van der Waals surface area (Å²) < 4.78 is 1.83. The van der Waals surface area contributed by atoms with Crippen LogP contribution in [0.1, 0.15) is 60.7 Å². The molecule has 2 aromatic rings. The van der Waals surface area contributed by atoms with Crippen LogP contribution in [0.3, 0.4) is 0 Å². The summed E-state index contributed by atoms with van der Waals surface area (Å²) in [5, 5.41) is 17.7. The molecule has 0 aromatic carbocycles. The van der Waals surface area contributed by atoms with Gasteiger partial charge in [0, 0.05) is 44.1 Å². The predicted molar refractivity (Wildman–Crippen MR) is 89.5 cm³/mol. The van der Waals surface area contributed by atoms with Gasteiger partial charge in [-0.05, 0) is 24.8 Å². The number of nitrogens with zero attached hydrogens (tertiary/aromatic N) is 4. The number of rotatable bonds is 4. The fraction of sp³-hybridized carbons (Fsp3) is 0.588. The number of aliphatic hydroxyl groups excluding tert-OH is 1. The molecule has 3 rings (SSSR count). The molecule has 2 N–H and O–H groups in total. The lowest BCUT2D eigenvalue weighted by Crippen LogP contribution is -2.42. The Morgan fingerprint density at radius 2 is 2.25 bits per heavy atom. The molecule has 2 aromatic heterocycles. The molecular formula is C17H25N5O2. The van der Waals surface area contributed by atoms with Gasteiger partial charge in [-0.3, -0.25) is 9.89 Å². The van der Waals surface area contributed by atoms with Crippen LogP contribution in [0.15, 0.2) is 18.5 Å². The standard InChI is InChI=1S/C17H25N5O2/c1-11(2)13-9-14(20-19-13)17(24)22-7-4-5-12(10-22)15(23)16-18-6-8-21(16)3/h6,8-9,11-12,15,23H,4-5,7,10H2,1-3H3,(H,19,20). The summed E-state index contributed by atoms with van der Waals surface area (Å²) in [7, 11) is 1.87. The maximum Gasteiger partial charge on any atom is 0.274 e. The molecule has 2 atom stereocenters. The molecular weight excluding hydrogens is 306 g/mol. The van der Waals surface area contributed by atoms with Crippen LogP contribution in [0, 0.1) is 5.92 Å². The van der Waals surface area contributed by atoms with Crippen LogP contribution >= 0.6 is 0 Å². The van der Waals surface area contributed by atoms with Crippen molar-refractivity contribution in [3.63, 3.8) is 0 Å². The number of hydrogen-bond donors (Lipinski definition) is 2. The van der Waals surface area contributed by atoms with E-state index in [1.807, 2.05) is 23.9 Å². The van der Waals surface area contributed by atoms with Crippen molar-refractivity contribution in [1.82, 2.24) is 24.6 Å². The number of imidazole rings is 1. The van der Waals surface area contributed by atoms with Gasteiger partial charge in [-0.1, -0.05) is 13.8 Å². The number of likely N-dealkylation sites (tertiary alicyclic amines) is 1. The Labute approximate surface area is 141 Å². The van der Waals surface area contributed by atoms with Crippen molar-refractivity contribution in [1.29, 1.82) is 0 Å². The van der Waals surface area contributed by atoms with Gasteiger partial charge in [0.15, 0.2) is 0 Å². The summed E-state index contributed by atoms with van der Waals surface area (Å²) in [6.07, 6.45) is 4.60. The zero-order chi connectivity index (χ0) is 17.3. The maximum absolute atomic E-state index is 12.7. The monoisotopic (exact) mass is 331 g/mol. The third-order valence-corrected chi connectivity index (χ3v) is 4.75. The van der Waals surface area contributed by atoms with Crippen LogP contribution in [0.5, 0.6) is 0 Å². The molecule has 7 nitrogen and oxygen atoms in total. The number of carbonyl (C=O) groups is 1. The van der Waals surface area contributed by atoms with E-state index >= 15 is 0 Å². The third-order valence-electron chi connectivity index (χ3n) is 4.75. The number of aliphatic hydroxyl groups is 1. The van der Waals surface area contributed by atoms with Gasteiger partial charge in [0.25, 0.3) is 5.91 Å². The van der Waals surface area contributed by atoms with Gasteiger partial charge < -0.3 is 14.6 Å². The molecule has 0 saturated carbocycles. The molecule has 1 saturated heterocycles. The van der Waals surface area contributed by atoms with Gasteiger partial charge in [0.2, 0.25) is 0 Å². The highest BCUT2D eigenvalue weighted by molar-refractivity contribution is 5.92. The molecule has 1 aliphatic heterocycles. The predicted octanol–water partition coefficient (Wildman–Crippen LogP) is 1.85. The number of hydrogen-bond acceptors (Lipinski definition) is 4. The van der Waals surface area contributed by atoms with Gasteiger partial charge in [-0.15, -0.1) is 0 Å². The molecule has 7 heteroatoms. The fourth-order valence-corrected chi connectivity index (χ4v) is 3.23. The zero-order valence-corrected chi connectivity index (χ0v) is 14.4. The van der Waals surface area contributed by atoms with Crippen LogP contribution in [0.2, 0.25) is 0 Å². The molecule has 0 aliphatic carbocycles. The summed E-state index contributed by atoms with van der Waals surface area (Å²) in [6, 6.07) is 1.83. The summed E-state index contributed by atoms with van der Waals surface area (Å²) in [5.74, 6) is 0.872. The number of aryl methyl sites for hydroxylation is 1. The first-order valence-corrected chi connectivity index (χ1v) is 8.47. The fourth-order valence-electron chi connectivity index (χ4n) is 3.23. The molecule has 24 heavy (non-hydrogen) atoms. The molecule has 0 bridgehead atoms. The van der Waals surface area contributed by atoms with E-state index in [2.05, 4.69) is 29.0 Å². The normalized spacial score (nSPS) is 19.7. The summed E-state index contributed by atoms with van der Waals surface area (Å²) in [5.41, 5.74) is 1.41. The smallest absolute Gasteiger partial charge is 0.274 e. The second-order valence-corrected chi connectivity index (χ2v) is 6.86. The number of carbonyl (C=O) groups excluding carboxylic acids is 1. The minimum absolute atomic E-state index is 0.00712. The average Bonchev–Trinajstić information content (AvgIpc) is 3.22. The highest BCUT2D eigenvalue weighted by Crippen LogP contribution is 2.29. The molecule has 0 radical (unpaired) electrons. The number of aromatic nitrogens is 4. The van der Waals surface area contributed by atoms with E-state index in [4.69, 9.17) is 0 Å². The van der Waals surface area contributed by atoms with Crippen molar-refractivity contribution in [3.05, 3.63) is 35.7 Å². The summed E-state index contributed by atoms with van der Waals surface area (Å²) >= 11 is 0. The lowest BCUT2D eigenvalue weighted by Gasteiger charge is -2.34. The lowest BCUT2D eigenvalue weighted by molar-refractivity contribution is 0.0355. The number of piperidine rings is 1. The Morgan fingerprint density at radius 1 is 1.46 bits per heavy atom. The van der Waals surface area contributed by atoms with E-state index in [0.717, 1.165) is 18.5 Å². The zero-order valence-electron chi connectivity index (χ0n) is 14.4. The van der Waals surface area contributed by atoms with Crippen molar-refractivity contribution < 1.29 is 9.90 Å². The molecule has 1 aliphatic rings. The Kier molecular flexibility index (Phi) is 4.71. The molecule has 130 valence electrons. The molecule has 2 unspecified atom stereocenters. The molecule has 1 amide bonds. The van der Waals surface area contributed by atoms with E-state index in [1.165, 1.54) is 0 Å². The van der Waals surface area contributed by atoms with E-state index in [0.29, 0.717) is 30.5 Å². The van der Waals surface area contributed by atoms with Crippen LogP contribution in [-0.2, 0) is 7.05 Å². The SMILES string of the molecule is CC(C)c1cc(C(=O)N2CCCC(C(O)c3nccn3C)C2)n[nH]1. The van der Waals surface area contributed by atoms with Gasteiger partial charge in [-0.25, -0.2) is 4.98 Å². The molecule has 1 fully saturated rings. The number of amides is 1. The Morgan fingerprint density at radius 3 is 2.88 bits per heavy atom. The minimum atomic E-state index is -0.661. The maximum atomic E-state index is 12.7. The van der Waals surface area contributed by atoms with Gasteiger partial charge >= 0.3 is 0 Å². The van der Waals surface area contributed by atoms with E-state index in [1.54, 1.807) is 11.1 Å².